The number of benzene rings is 2. The van der Waals surface area contributed by atoms with Gasteiger partial charge in [-0.3, -0.25) is 20.1 Å². The molecule has 0 saturated carbocycles. The van der Waals surface area contributed by atoms with E-state index in [1.165, 1.54) is 12.1 Å². The van der Waals surface area contributed by atoms with E-state index in [9.17, 15) is 15.2 Å². The fraction of sp³-hybridized carbons (Fsp3) is 0.0909. The molecule has 1 atom stereocenters. The molecule has 0 bridgehead atoms. The Morgan fingerprint density at radius 1 is 1.10 bits per heavy atom. The highest BCUT2D eigenvalue weighted by Crippen LogP contribution is 2.37. The number of non-ortho nitro benzene ring substituents is 1. The summed E-state index contributed by atoms with van der Waals surface area (Å²) in [5.74, 6) is 0.0871. The lowest BCUT2D eigenvalue weighted by molar-refractivity contribution is -0.384. The molecule has 0 spiro atoms. The Morgan fingerprint density at radius 3 is 2.66 bits per heavy atom. The summed E-state index contributed by atoms with van der Waals surface area (Å²) in [5.41, 5.74) is 3.49. The molecule has 1 unspecified atom stereocenters. The van der Waals surface area contributed by atoms with Gasteiger partial charge in [0, 0.05) is 47.4 Å². The first-order chi connectivity index (χ1) is 14.0. The van der Waals surface area contributed by atoms with Crippen LogP contribution in [0.15, 0.2) is 73.2 Å². The van der Waals surface area contributed by atoms with E-state index >= 15 is 0 Å². The maximum absolute atomic E-state index is 11.0. The van der Waals surface area contributed by atoms with Crippen LogP contribution < -0.4 is 5.32 Å². The Labute approximate surface area is 166 Å². The second kappa shape index (κ2) is 7.55. The number of anilines is 1. The van der Waals surface area contributed by atoms with Crippen molar-refractivity contribution in [2.45, 2.75) is 13.0 Å². The maximum Gasteiger partial charge on any atom is 0.269 e. The van der Waals surface area contributed by atoms with Crippen LogP contribution in [0.25, 0.3) is 10.9 Å². The zero-order chi connectivity index (χ0) is 20.4. The lowest BCUT2D eigenvalue weighted by Crippen LogP contribution is -2.14. The van der Waals surface area contributed by atoms with Crippen molar-refractivity contribution >= 4 is 22.3 Å². The lowest BCUT2D eigenvalue weighted by Gasteiger charge is -2.23. The van der Waals surface area contributed by atoms with Gasteiger partial charge in [0.1, 0.15) is 11.3 Å². The van der Waals surface area contributed by atoms with Crippen molar-refractivity contribution in [2.75, 3.05) is 5.32 Å². The number of pyridine rings is 2. The predicted molar refractivity (Wildman–Crippen MR) is 111 cm³/mol. The highest BCUT2D eigenvalue weighted by molar-refractivity contribution is 5.86. The van der Waals surface area contributed by atoms with Gasteiger partial charge in [-0.2, -0.15) is 0 Å². The largest absolute Gasteiger partial charge is 0.505 e. The first kappa shape index (κ1) is 18.4. The third kappa shape index (κ3) is 3.58. The normalized spacial score (nSPS) is 11.9. The number of aryl methyl sites for hydroxylation is 1. The Hall–Kier alpha value is -4.00. The van der Waals surface area contributed by atoms with Crippen LogP contribution in [-0.4, -0.2) is 20.0 Å². The van der Waals surface area contributed by atoms with E-state index in [0.29, 0.717) is 11.1 Å². The Balaban J connectivity index is 1.82. The van der Waals surface area contributed by atoms with Crippen molar-refractivity contribution in [1.29, 1.82) is 0 Å². The summed E-state index contributed by atoms with van der Waals surface area (Å²) in [6.07, 6.45) is 5.04. The molecular weight excluding hydrogens is 368 g/mol. The zero-order valence-electron chi connectivity index (χ0n) is 15.6. The molecule has 144 valence electrons. The number of nitrogens with zero attached hydrogens (tertiary/aromatic N) is 3. The molecular formula is C22H18N4O3. The number of nitro benzene ring substituents is 1. The molecule has 0 aliphatic heterocycles. The van der Waals surface area contributed by atoms with E-state index in [1.54, 1.807) is 31.6 Å². The third-order valence-corrected chi connectivity index (χ3v) is 4.83. The molecule has 0 amide bonds. The van der Waals surface area contributed by atoms with Gasteiger partial charge < -0.3 is 10.4 Å². The Bertz CT molecular complexity index is 1200. The lowest BCUT2D eigenvalue weighted by atomic mass is 9.96. The molecule has 2 aromatic carbocycles. The van der Waals surface area contributed by atoms with Crippen LogP contribution in [0.3, 0.4) is 0 Å². The average Bonchev–Trinajstić information content (AvgIpc) is 2.74. The second-order valence-corrected chi connectivity index (χ2v) is 6.70. The smallest absolute Gasteiger partial charge is 0.269 e. The molecule has 0 fully saturated rings. The van der Waals surface area contributed by atoms with Gasteiger partial charge in [0.05, 0.1) is 11.0 Å². The van der Waals surface area contributed by atoms with Crippen molar-refractivity contribution in [3.05, 3.63) is 100.0 Å². The Kier molecular flexibility index (Phi) is 4.78. The molecule has 2 N–H and O–H groups in total. The van der Waals surface area contributed by atoms with Crippen molar-refractivity contribution in [3.63, 3.8) is 0 Å². The third-order valence-electron chi connectivity index (χ3n) is 4.83. The number of aromatic nitrogens is 2. The molecule has 4 rings (SSSR count). The van der Waals surface area contributed by atoms with Crippen molar-refractivity contribution in [3.8, 4) is 5.75 Å². The summed E-state index contributed by atoms with van der Waals surface area (Å²) in [4.78, 5) is 19.1. The number of hydrogen-bond donors (Lipinski definition) is 2. The van der Waals surface area contributed by atoms with E-state index in [-0.39, 0.29) is 11.4 Å². The summed E-state index contributed by atoms with van der Waals surface area (Å²) in [7, 11) is 0. The quantitative estimate of drug-likeness (QED) is 0.379. The van der Waals surface area contributed by atoms with Gasteiger partial charge in [0.15, 0.2) is 0 Å². The second-order valence-electron chi connectivity index (χ2n) is 6.70. The van der Waals surface area contributed by atoms with Gasteiger partial charge in [-0.15, -0.1) is 0 Å². The number of rotatable bonds is 5. The monoisotopic (exact) mass is 386 g/mol. The van der Waals surface area contributed by atoms with Crippen molar-refractivity contribution in [1.82, 2.24) is 9.97 Å². The molecule has 4 aromatic rings. The van der Waals surface area contributed by atoms with Crippen molar-refractivity contribution in [2.24, 2.45) is 0 Å². The topological polar surface area (TPSA) is 101 Å². The first-order valence-corrected chi connectivity index (χ1v) is 9.02. The van der Waals surface area contributed by atoms with Crippen LogP contribution in [0.5, 0.6) is 5.75 Å². The van der Waals surface area contributed by atoms with Gasteiger partial charge in [-0.05, 0) is 36.2 Å². The van der Waals surface area contributed by atoms with Crippen molar-refractivity contribution < 1.29 is 10.0 Å². The van der Waals surface area contributed by atoms with E-state index in [4.69, 9.17) is 0 Å². The number of nitro groups is 1. The van der Waals surface area contributed by atoms with E-state index in [1.807, 2.05) is 36.4 Å². The molecule has 7 heteroatoms. The number of nitrogens with one attached hydrogen (secondary N) is 1. The molecule has 2 aromatic heterocycles. The zero-order valence-corrected chi connectivity index (χ0v) is 15.6. The predicted octanol–water partition coefficient (Wildman–Crippen LogP) is 4.75. The molecule has 0 saturated heterocycles. The van der Waals surface area contributed by atoms with Crippen LogP contribution in [0.1, 0.15) is 22.7 Å². The minimum absolute atomic E-state index is 0.0312. The fourth-order valence-electron chi connectivity index (χ4n) is 3.34. The van der Waals surface area contributed by atoms with Gasteiger partial charge in [-0.1, -0.05) is 24.3 Å². The molecule has 0 aliphatic rings. The number of phenolic OH excluding ortho intramolecular Hbond substituents is 1. The molecule has 0 aliphatic carbocycles. The fourth-order valence-corrected chi connectivity index (χ4v) is 3.34. The maximum atomic E-state index is 11.0. The molecule has 7 nitrogen and oxygen atoms in total. The summed E-state index contributed by atoms with van der Waals surface area (Å²) in [6, 6.07) is 15.4. The summed E-state index contributed by atoms with van der Waals surface area (Å²) >= 11 is 0. The number of hydrogen-bond acceptors (Lipinski definition) is 6. The summed E-state index contributed by atoms with van der Waals surface area (Å²) in [6.45, 7) is 1.80. The number of fused-ring (bicyclic) bond motifs is 1. The summed E-state index contributed by atoms with van der Waals surface area (Å²) in [5, 5.41) is 26.2. The SMILES string of the molecule is Cc1cc([N+](=O)[O-])ccc1NC(c1cccnc1)c1ccc2cccnc2c1O. The van der Waals surface area contributed by atoms with Crippen LogP contribution in [0.4, 0.5) is 11.4 Å². The van der Waals surface area contributed by atoms with Crippen LogP contribution in [0, 0.1) is 17.0 Å². The van der Waals surface area contributed by atoms with Gasteiger partial charge in [0.25, 0.3) is 5.69 Å². The van der Waals surface area contributed by atoms with Gasteiger partial charge in [-0.25, -0.2) is 0 Å². The highest BCUT2D eigenvalue weighted by Gasteiger charge is 2.21. The van der Waals surface area contributed by atoms with Gasteiger partial charge in [0.2, 0.25) is 0 Å². The first-order valence-electron chi connectivity index (χ1n) is 9.02. The van der Waals surface area contributed by atoms with E-state index in [2.05, 4.69) is 15.3 Å². The van der Waals surface area contributed by atoms with E-state index in [0.717, 1.165) is 22.2 Å². The minimum atomic E-state index is -0.421. The molecule has 2 heterocycles. The van der Waals surface area contributed by atoms with E-state index < -0.39 is 11.0 Å². The highest BCUT2D eigenvalue weighted by atomic mass is 16.6. The van der Waals surface area contributed by atoms with Crippen LogP contribution in [0.2, 0.25) is 0 Å². The minimum Gasteiger partial charge on any atom is -0.505 e. The van der Waals surface area contributed by atoms with Crippen LogP contribution in [-0.2, 0) is 0 Å². The van der Waals surface area contributed by atoms with Gasteiger partial charge >= 0.3 is 0 Å². The average molecular weight is 386 g/mol. The Morgan fingerprint density at radius 2 is 1.93 bits per heavy atom. The number of phenols is 1. The van der Waals surface area contributed by atoms with Crippen LogP contribution >= 0.6 is 0 Å². The number of aromatic hydroxyl groups is 1. The standard InChI is InChI=1S/C22H18N4O3/c1-14-12-17(26(28)29)7-9-19(14)25-20(16-5-2-10-23-13-16)18-8-6-15-4-3-11-24-21(15)22(18)27/h2-13,20,25,27H,1H3. The summed E-state index contributed by atoms with van der Waals surface area (Å²) < 4.78 is 0. The molecule has 0 radical (unpaired) electrons. The molecule has 29 heavy (non-hydrogen) atoms.